The Morgan fingerprint density at radius 3 is 2.59 bits per heavy atom. The van der Waals surface area contributed by atoms with Crippen LogP contribution in [0.3, 0.4) is 0 Å². The van der Waals surface area contributed by atoms with Crippen LogP contribution in [0.1, 0.15) is 26.3 Å². The van der Waals surface area contributed by atoms with Crippen molar-refractivity contribution < 1.29 is 14.6 Å². The van der Waals surface area contributed by atoms with E-state index in [2.05, 4.69) is 0 Å². The van der Waals surface area contributed by atoms with Crippen LogP contribution < -0.4 is 4.74 Å². The highest BCUT2D eigenvalue weighted by Crippen LogP contribution is 2.30. The fraction of sp³-hybridized carbons (Fsp3) is 0.308. The third-order valence-electron chi connectivity index (χ3n) is 1.82. The minimum absolute atomic E-state index is 0.365. The molecule has 0 aliphatic carbocycles. The molecule has 1 N–H and O–H groups in total. The van der Waals surface area contributed by atoms with Crippen molar-refractivity contribution in [2.45, 2.75) is 26.4 Å². The van der Waals surface area contributed by atoms with Crippen LogP contribution in [-0.4, -0.2) is 16.7 Å². The number of hydrogen-bond acceptors (Lipinski definition) is 2. The molecule has 0 bridgehead atoms. The molecule has 1 aromatic rings. The normalized spacial score (nSPS) is 11.8. The van der Waals surface area contributed by atoms with E-state index in [9.17, 15) is 4.79 Å². The van der Waals surface area contributed by atoms with E-state index in [1.54, 1.807) is 18.2 Å². The molecule has 92 valence electrons. The summed E-state index contributed by atoms with van der Waals surface area (Å²) in [4.78, 5) is 10.5. The van der Waals surface area contributed by atoms with Gasteiger partial charge in [0.15, 0.2) is 0 Å². The van der Waals surface area contributed by atoms with E-state index in [0.717, 1.165) is 6.08 Å². The second kappa shape index (κ2) is 5.23. The lowest BCUT2D eigenvalue weighted by molar-refractivity contribution is -0.131. The van der Waals surface area contributed by atoms with Crippen molar-refractivity contribution in [3.63, 3.8) is 0 Å². The predicted octanol–water partition coefficient (Wildman–Crippen LogP) is 3.62. The molecule has 1 rings (SSSR count). The number of benzene rings is 1. The molecule has 0 atom stereocenters. The Kier molecular flexibility index (Phi) is 4.18. The molecule has 0 amide bonds. The number of carboxylic acid groups (broad SMARTS) is 1. The van der Waals surface area contributed by atoms with Crippen molar-refractivity contribution in [1.29, 1.82) is 0 Å². The van der Waals surface area contributed by atoms with E-state index in [4.69, 9.17) is 21.4 Å². The number of rotatable bonds is 3. The largest absolute Gasteiger partial charge is 0.487 e. The first kappa shape index (κ1) is 13.6. The predicted molar refractivity (Wildman–Crippen MR) is 68.5 cm³/mol. The zero-order chi connectivity index (χ0) is 13.1. The van der Waals surface area contributed by atoms with Crippen molar-refractivity contribution >= 4 is 23.6 Å². The average molecular weight is 255 g/mol. The summed E-state index contributed by atoms with van der Waals surface area (Å²) in [5.74, 6) is -0.450. The topological polar surface area (TPSA) is 46.5 Å². The zero-order valence-electron chi connectivity index (χ0n) is 10.0. The van der Waals surface area contributed by atoms with E-state index in [1.807, 2.05) is 20.8 Å². The minimum atomic E-state index is -1.02. The molecule has 0 saturated heterocycles. The molecular weight excluding hydrogens is 240 g/mol. The van der Waals surface area contributed by atoms with E-state index in [-0.39, 0.29) is 5.60 Å². The first-order valence-corrected chi connectivity index (χ1v) is 5.56. The SMILES string of the molecule is CC(C)(C)Oc1cccc(Cl)c1C=CC(=O)O. The third-order valence-corrected chi connectivity index (χ3v) is 2.15. The molecule has 0 aliphatic heterocycles. The molecule has 0 spiro atoms. The fourth-order valence-electron chi connectivity index (χ4n) is 1.25. The summed E-state index contributed by atoms with van der Waals surface area (Å²) in [7, 11) is 0. The van der Waals surface area contributed by atoms with E-state index < -0.39 is 5.97 Å². The first-order chi connectivity index (χ1) is 7.79. The lowest BCUT2D eigenvalue weighted by Crippen LogP contribution is -2.23. The van der Waals surface area contributed by atoms with Gasteiger partial charge in [0, 0.05) is 11.6 Å². The van der Waals surface area contributed by atoms with Crippen molar-refractivity contribution in [3.05, 3.63) is 34.9 Å². The van der Waals surface area contributed by atoms with Gasteiger partial charge in [-0.25, -0.2) is 4.79 Å². The average Bonchev–Trinajstić information content (AvgIpc) is 2.13. The Hall–Kier alpha value is -1.48. The van der Waals surface area contributed by atoms with Gasteiger partial charge in [-0.3, -0.25) is 0 Å². The number of halogens is 1. The molecule has 0 saturated carbocycles. The Balaban J connectivity index is 3.13. The first-order valence-electron chi connectivity index (χ1n) is 5.18. The van der Waals surface area contributed by atoms with Crippen molar-refractivity contribution in [1.82, 2.24) is 0 Å². The van der Waals surface area contributed by atoms with Crippen molar-refractivity contribution in [2.24, 2.45) is 0 Å². The Bertz CT molecular complexity index is 444. The Morgan fingerprint density at radius 1 is 1.41 bits per heavy atom. The van der Waals surface area contributed by atoms with Gasteiger partial charge in [0.25, 0.3) is 0 Å². The van der Waals surface area contributed by atoms with Gasteiger partial charge < -0.3 is 9.84 Å². The van der Waals surface area contributed by atoms with Gasteiger partial charge >= 0.3 is 5.97 Å². The van der Waals surface area contributed by atoms with Crippen LogP contribution >= 0.6 is 11.6 Å². The van der Waals surface area contributed by atoms with Crippen LogP contribution in [0.2, 0.25) is 5.02 Å². The van der Waals surface area contributed by atoms with Crippen LogP contribution in [-0.2, 0) is 4.79 Å². The molecule has 0 aromatic heterocycles. The second-order valence-electron chi connectivity index (χ2n) is 4.54. The lowest BCUT2D eigenvalue weighted by atomic mass is 10.1. The third kappa shape index (κ3) is 4.49. The van der Waals surface area contributed by atoms with Crippen LogP contribution in [0.4, 0.5) is 0 Å². The number of carboxylic acids is 1. The van der Waals surface area contributed by atoms with Crippen molar-refractivity contribution in [2.75, 3.05) is 0 Å². The highest BCUT2D eigenvalue weighted by atomic mass is 35.5. The van der Waals surface area contributed by atoms with Gasteiger partial charge in [-0.1, -0.05) is 17.7 Å². The van der Waals surface area contributed by atoms with E-state index in [0.29, 0.717) is 16.3 Å². The molecule has 0 aliphatic rings. The van der Waals surface area contributed by atoms with Gasteiger partial charge in [-0.2, -0.15) is 0 Å². The summed E-state index contributed by atoms with van der Waals surface area (Å²) in [6.07, 6.45) is 2.47. The number of ether oxygens (including phenoxy) is 1. The van der Waals surface area contributed by atoms with Gasteiger partial charge in [0.05, 0.1) is 5.02 Å². The zero-order valence-corrected chi connectivity index (χ0v) is 10.8. The number of hydrogen-bond donors (Lipinski definition) is 1. The maximum atomic E-state index is 10.5. The van der Waals surface area contributed by atoms with Crippen LogP contribution in [0, 0.1) is 0 Å². The smallest absolute Gasteiger partial charge is 0.328 e. The summed E-state index contributed by atoms with van der Waals surface area (Å²) in [6.45, 7) is 5.75. The number of aliphatic carboxylic acids is 1. The maximum Gasteiger partial charge on any atom is 0.328 e. The molecule has 1 aromatic carbocycles. The lowest BCUT2D eigenvalue weighted by Gasteiger charge is -2.23. The van der Waals surface area contributed by atoms with Gasteiger partial charge in [0.2, 0.25) is 0 Å². The van der Waals surface area contributed by atoms with Crippen LogP contribution in [0.25, 0.3) is 6.08 Å². The summed E-state index contributed by atoms with van der Waals surface area (Å²) >= 11 is 6.02. The molecule has 4 heteroatoms. The Labute approximate surface area is 106 Å². The summed E-state index contributed by atoms with van der Waals surface area (Å²) < 4.78 is 5.72. The van der Waals surface area contributed by atoms with E-state index in [1.165, 1.54) is 6.08 Å². The highest BCUT2D eigenvalue weighted by Gasteiger charge is 2.15. The van der Waals surface area contributed by atoms with Crippen molar-refractivity contribution in [3.8, 4) is 5.75 Å². The monoisotopic (exact) mass is 254 g/mol. The van der Waals surface area contributed by atoms with Gasteiger partial charge in [-0.05, 0) is 39.0 Å². The van der Waals surface area contributed by atoms with Gasteiger partial charge in [-0.15, -0.1) is 0 Å². The summed E-state index contributed by atoms with van der Waals surface area (Å²) in [6, 6.07) is 5.22. The molecule has 0 heterocycles. The molecule has 0 fully saturated rings. The minimum Gasteiger partial charge on any atom is -0.487 e. The molecule has 17 heavy (non-hydrogen) atoms. The van der Waals surface area contributed by atoms with Gasteiger partial charge in [0.1, 0.15) is 11.4 Å². The van der Waals surface area contributed by atoms with Crippen LogP contribution in [0.15, 0.2) is 24.3 Å². The molecule has 3 nitrogen and oxygen atoms in total. The molecule has 0 radical (unpaired) electrons. The second-order valence-corrected chi connectivity index (χ2v) is 4.94. The molecule has 0 unspecified atom stereocenters. The number of carbonyl (C=O) groups is 1. The standard InChI is InChI=1S/C13H15ClO3/c1-13(2,3)17-11-6-4-5-10(14)9(11)7-8-12(15)16/h4-8H,1-3H3,(H,15,16). The highest BCUT2D eigenvalue weighted by molar-refractivity contribution is 6.32. The Morgan fingerprint density at radius 2 is 2.06 bits per heavy atom. The quantitative estimate of drug-likeness (QED) is 0.838. The maximum absolute atomic E-state index is 10.5. The summed E-state index contributed by atoms with van der Waals surface area (Å²) in [5.41, 5.74) is 0.211. The molecular formula is C13H15ClO3. The summed E-state index contributed by atoms with van der Waals surface area (Å²) in [5, 5.41) is 9.08. The fourth-order valence-corrected chi connectivity index (χ4v) is 1.48. The van der Waals surface area contributed by atoms with E-state index >= 15 is 0 Å². The van der Waals surface area contributed by atoms with Crippen LogP contribution in [0.5, 0.6) is 5.75 Å².